The summed E-state index contributed by atoms with van der Waals surface area (Å²) in [6.45, 7) is 3.03. The summed E-state index contributed by atoms with van der Waals surface area (Å²) in [4.78, 5) is 13.6. The van der Waals surface area contributed by atoms with Gasteiger partial charge < -0.3 is 4.74 Å². The largest absolute Gasteiger partial charge is 0.377 e. The van der Waals surface area contributed by atoms with Gasteiger partial charge in [-0.05, 0) is 43.4 Å². The molecule has 22 heavy (non-hydrogen) atoms. The summed E-state index contributed by atoms with van der Waals surface area (Å²) in [5, 5.41) is 8.66. The highest BCUT2D eigenvalue weighted by molar-refractivity contribution is 5.93. The number of nitrogens with one attached hydrogen (secondary N) is 1. The summed E-state index contributed by atoms with van der Waals surface area (Å²) in [6.07, 6.45) is 4.34. The molecule has 0 unspecified atom stereocenters. The molecule has 0 aromatic heterocycles. The molecule has 1 amide bonds. The van der Waals surface area contributed by atoms with E-state index in [0.717, 1.165) is 38.1 Å². The van der Waals surface area contributed by atoms with Crippen LogP contribution in [0.15, 0.2) is 12.1 Å². The molecule has 120 valence electrons. The standard InChI is InChI=1S/C16H21FN2O3/c17-15-8-12(16(20)18-21)7-11-4-5-19(10-14(11)15)9-13-3-1-2-6-22-13/h7-8,13,21H,1-6,9-10H2,(H,18,20)/t13-/m1/s1. The Bertz CT molecular complexity index is 559. The maximum atomic E-state index is 14.3. The number of halogens is 1. The molecule has 0 bridgehead atoms. The van der Waals surface area contributed by atoms with Crippen molar-refractivity contribution in [2.45, 2.75) is 38.3 Å². The number of carbonyl (C=O) groups is 1. The molecule has 5 nitrogen and oxygen atoms in total. The Morgan fingerprint density at radius 1 is 1.45 bits per heavy atom. The van der Waals surface area contributed by atoms with Gasteiger partial charge in [0.2, 0.25) is 0 Å². The SMILES string of the molecule is O=C(NO)c1cc(F)c2c(c1)CCN(C[C@H]1CCCCO1)C2. The minimum atomic E-state index is -0.681. The number of hydrogen-bond acceptors (Lipinski definition) is 4. The Labute approximate surface area is 129 Å². The van der Waals surface area contributed by atoms with Gasteiger partial charge in [0.05, 0.1) is 6.10 Å². The van der Waals surface area contributed by atoms with Crippen LogP contribution in [0, 0.1) is 5.82 Å². The first-order chi connectivity index (χ1) is 10.7. The topological polar surface area (TPSA) is 61.8 Å². The molecule has 0 aliphatic carbocycles. The van der Waals surface area contributed by atoms with E-state index >= 15 is 0 Å². The lowest BCUT2D eigenvalue weighted by Gasteiger charge is -2.33. The molecule has 3 rings (SSSR count). The van der Waals surface area contributed by atoms with Crippen molar-refractivity contribution >= 4 is 5.91 Å². The van der Waals surface area contributed by atoms with E-state index in [1.165, 1.54) is 12.5 Å². The molecule has 0 radical (unpaired) electrons. The average Bonchev–Trinajstić information content (AvgIpc) is 2.55. The van der Waals surface area contributed by atoms with Crippen LogP contribution in [0.2, 0.25) is 0 Å². The van der Waals surface area contributed by atoms with Crippen LogP contribution in [0.5, 0.6) is 0 Å². The van der Waals surface area contributed by atoms with Crippen molar-refractivity contribution in [2.75, 3.05) is 19.7 Å². The Morgan fingerprint density at radius 3 is 3.05 bits per heavy atom. The van der Waals surface area contributed by atoms with Crippen molar-refractivity contribution in [2.24, 2.45) is 0 Å². The van der Waals surface area contributed by atoms with Gasteiger partial charge in [-0.25, -0.2) is 9.87 Å². The molecule has 1 saturated heterocycles. The molecule has 2 N–H and O–H groups in total. The number of carbonyl (C=O) groups excluding carboxylic acids is 1. The first-order valence-electron chi connectivity index (χ1n) is 7.77. The first kappa shape index (κ1) is 15.4. The van der Waals surface area contributed by atoms with E-state index < -0.39 is 5.91 Å². The van der Waals surface area contributed by atoms with Crippen molar-refractivity contribution in [3.63, 3.8) is 0 Å². The summed E-state index contributed by atoms with van der Waals surface area (Å²) in [7, 11) is 0. The average molecular weight is 308 g/mol. The fourth-order valence-electron chi connectivity index (χ4n) is 3.27. The van der Waals surface area contributed by atoms with Crippen LogP contribution in [0.3, 0.4) is 0 Å². The fourth-order valence-corrected chi connectivity index (χ4v) is 3.27. The number of benzene rings is 1. The number of rotatable bonds is 3. The highest BCUT2D eigenvalue weighted by Crippen LogP contribution is 2.25. The zero-order chi connectivity index (χ0) is 15.5. The number of amides is 1. The van der Waals surface area contributed by atoms with Crippen molar-refractivity contribution in [1.82, 2.24) is 10.4 Å². The van der Waals surface area contributed by atoms with Crippen molar-refractivity contribution in [3.8, 4) is 0 Å². The molecule has 2 aliphatic rings. The second-order valence-electron chi connectivity index (χ2n) is 6.01. The van der Waals surface area contributed by atoms with E-state index in [-0.39, 0.29) is 17.5 Å². The Balaban J connectivity index is 1.71. The molecule has 2 aliphatic heterocycles. The van der Waals surface area contributed by atoms with Gasteiger partial charge in [-0.1, -0.05) is 0 Å². The molecule has 1 atom stereocenters. The van der Waals surface area contributed by atoms with Gasteiger partial charge in [0.15, 0.2) is 0 Å². The van der Waals surface area contributed by atoms with Crippen molar-refractivity contribution in [1.29, 1.82) is 0 Å². The fraction of sp³-hybridized carbons (Fsp3) is 0.562. The van der Waals surface area contributed by atoms with Gasteiger partial charge in [0.25, 0.3) is 5.91 Å². The summed E-state index contributed by atoms with van der Waals surface area (Å²) in [6, 6.07) is 2.85. The van der Waals surface area contributed by atoms with Crippen LogP contribution >= 0.6 is 0 Å². The number of ether oxygens (including phenoxy) is 1. The first-order valence-corrected chi connectivity index (χ1v) is 7.77. The van der Waals surface area contributed by atoms with Crippen LogP contribution in [0.4, 0.5) is 4.39 Å². The summed E-state index contributed by atoms with van der Waals surface area (Å²) in [5.74, 6) is -1.06. The summed E-state index contributed by atoms with van der Waals surface area (Å²) >= 11 is 0. The normalized spacial score (nSPS) is 22.2. The molecular weight excluding hydrogens is 287 g/mol. The second kappa shape index (κ2) is 6.73. The quantitative estimate of drug-likeness (QED) is 0.661. The molecule has 1 fully saturated rings. The van der Waals surface area contributed by atoms with Crippen LogP contribution < -0.4 is 5.48 Å². The van der Waals surface area contributed by atoms with E-state index in [2.05, 4.69) is 4.90 Å². The Kier molecular flexibility index (Phi) is 4.71. The van der Waals surface area contributed by atoms with Crippen LogP contribution in [-0.4, -0.2) is 41.8 Å². The smallest absolute Gasteiger partial charge is 0.274 e. The zero-order valence-corrected chi connectivity index (χ0v) is 12.5. The van der Waals surface area contributed by atoms with Crippen molar-refractivity contribution in [3.05, 3.63) is 34.6 Å². The Hall–Kier alpha value is -1.50. The van der Waals surface area contributed by atoms with Gasteiger partial charge in [-0.15, -0.1) is 0 Å². The zero-order valence-electron chi connectivity index (χ0n) is 12.5. The van der Waals surface area contributed by atoms with Gasteiger partial charge in [-0.2, -0.15) is 0 Å². The van der Waals surface area contributed by atoms with Crippen LogP contribution in [-0.2, 0) is 17.7 Å². The summed E-state index contributed by atoms with van der Waals surface area (Å²) in [5.41, 5.74) is 3.20. The lowest BCUT2D eigenvalue weighted by atomic mass is 9.95. The van der Waals surface area contributed by atoms with Gasteiger partial charge in [-0.3, -0.25) is 14.9 Å². The maximum absolute atomic E-state index is 14.3. The van der Waals surface area contributed by atoms with E-state index in [4.69, 9.17) is 9.94 Å². The van der Waals surface area contributed by atoms with Gasteiger partial charge in [0.1, 0.15) is 5.82 Å². The lowest BCUT2D eigenvalue weighted by molar-refractivity contribution is -0.00822. The highest BCUT2D eigenvalue weighted by atomic mass is 19.1. The van der Waals surface area contributed by atoms with E-state index in [0.29, 0.717) is 18.5 Å². The van der Waals surface area contributed by atoms with Crippen molar-refractivity contribution < 1.29 is 19.1 Å². The Morgan fingerprint density at radius 2 is 2.32 bits per heavy atom. The molecule has 1 aromatic rings. The minimum absolute atomic E-state index is 0.155. The van der Waals surface area contributed by atoms with Crippen LogP contribution in [0.25, 0.3) is 0 Å². The third-order valence-corrected chi connectivity index (χ3v) is 4.47. The van der Waals surface area contributed by atoms with E-state index in [1.807, 2.05) is 0 Å². The number of hydroxylamine groups is 1. The monoisotopic (exact) mass is 308 g/mol. The predicted octanol–water partition coefficient (Wildman–Crippen LogP) is 1.87. The molecule has 1 aromatic carbocycles. The van der Waals surface area contributed by atoms with E-state index in [9.17, 15) is 9.18 Å². The van der Waals surface area contributed by atoms with Gasteiger partial charge in [0, 0.05) is 37.4 Å². The number of hydrogen-bond donors (Lipinski definition) is 2. The second-order valence-corrected chi connectivity index (χ2v) is 6.01. The molecule has 2 heterocycles. The number of fused-ring (bicyclic) bond motifs is 1. The maximum Gasteiger partial charge on any atom is 0.274 e. The van der Waals surface area contributed by atoms with E-state index in [1.54, 1.807) is 11.5 Å². The summed E-state index contributed by atoms with van der Waals surface area (Å²) < 4.78 is 20.0. The predicted molar refractivity (Wildman–Crippen MR) is 78.2 cm³/mol. The molecule has 0 spiro atoms. The molecular formula is C16H21FN2O3. The molecule has 6 heteroatoms. The number of nitrogens with zero attached hydrogens (tertiary/aromatic N) is 1. The molecule has 0 saturated carbocycles. The third-order valence-electron chi connectivity index (χ3n) is 4.47. The van der Waals surface area contributed by atoms with Crippen LogP contribution in [0.1, 0.15) is 40.7 Å². The lowest BCUT2D eigenvalue weighted by Crippen LogP contribution is -2.39. The third kappa shape index (κ3) is 3.29. The minimum Gasteiger partial charge on any atom is -0.377 e. The highest BCUT2D eigenvalue weighted by Gasteiger charge is 2.24. The van der Waals surface area contributed by atoms with Gasteiger partial charge >= 0.3 is 0 Å².